The zero-order valence-corrected chi connectivity index (χ0v) is 11.5. The van der Waals surface area contributed by atoms with Crippen molar-refractivity contribution in [3.05, 3.63) is 29.3 Å². The summed E-state index contributed by atoms with van der Waals surface area (Å²) in [6.45, 7) is 5.02. The van der Waals surface area contributed by atoms with Crippen LogP contribution in [0.25, 0.3) is 0 Å². The van der Waals surface area contributed by atoms with Crippen LogP contribution in [0.15, 0.2) is 18.2 Å². The van der Waals surface area contributed by atoms with Crippen molar-refractivity contribution < 1.29 is 4.74 Å². The van der Waals surface area contributed by atoms with Gasteiger partial charge in [-0.15, -0.1) is 11.6 Å². The van der Waals surface area contributed by atoms with E-state index >= 15 is 0 Å². The van der Waals surface area contributed by atoms with Gasteiger partial charge in [-0.1, -0.05) is 24.6 Å². The second kappa shape index (κ2) is 7.86. The first-order chi connectivity index (χ1) is 7.77. The molecule has 1 aromatic rings. The molecule has 90 valence electrons. The minimum Gasteiger partial charge on any atom is -0.493 e. The quantitative estimate of drug-likeness (QED) is 0.534. The van der Waals surface area contributed by atoms with Gasteiger partial charge < -0.3 is 4.74 Å². The standard InChI is InChI=1S/C13H19ClOS/c1-3-16-8-4-7-15-13-6-5-11(2)9-12(13)10-14/h5-6,9H,3-4,7-8,10H2,1-2H3. The molecule has 0 saturated heterocycles. The van der Waals surface area contributed by atoms with Crippen LogP contribution in [0.2, 0.25) is 0 Å². The Bertz CT molecular complexity index is 315. The number of thioether (sulfide) groups is 1. The molecule has 0 aromatic heterocycles. The molecule has 0 radical (unpaired) electrons. The van der Waals surface area contributed by atoms with Crippen LogP contribution >= 0.6 is 23.4 Å². The number of alkyl halides is 1. The maximum atomic E-state index is 5.88. The summed E-state index contributed by atoms with van der Waals surface area (Å²) < 4.78 is 5.73. The number of aryl methyl sites for hydroxylation is 1. The third-order valence-electron chi connectivity index (χ3n) is 2.25. The van der Waals surface area contributed by atoms with E-state index in [0.717, 1.165) is 24.3 Å². The van der Waals surface area contributed by atoms with E-state index in [2.05, 4.69) is 26.0 Å². The van der Waals surface area contributed by atoms with E-state index in [1.807, 2.05) is 17.8 Å². The molecule has 0 saturated carbocycles. The van der Waals surface area contributed by atoms with Crippen molar-refractivity contribution in [2.24, 2.45) is 0 Å². The molecule has 0 bridgehead atoms. The average molecular weight is 259 g/mol. The van der Waals surface area contributed by atoms with Crippen molar-refractivity contribution in [2.75, 3.05) is 18.1 Å². The van der Waals surface area contributed by atoms with E-state index < -0.39 is 0 Å². The third kappa shape index (κ3) is 4.67. The van der Waals surface area contributed by atoms with Gasteiger partial charge in [-0.05, 0) is 30.9 Å². The van der Waals surface area contributed by atoms with E-state index in [-0.39, 0.29) is 0 Å². The number of hydrogen-bond acceptors (Lipinski definition) is 2. The average Bonchev–Trinajstić information content (AvgIpc) is 2.30. The summed E-state index contributed by atoms with van der Waals surface area (Å²) >= 11 is 7.83. The van der Waals surface area contributed by atoms with E-state index in [9.17, 15) is 0 Å². The van der Waals surface area contributed by atoms with Gasteiger partial charge in [0, 0.05) is 5.56 Å². The molecule has 16 heavy (non-hydrogen) atoms. The van der Waals surface area contributed by atoms with Crippen LogP contribution in [0.1, 0.15) is 24.5 Å². The zero-order chi connectivity index (χ0) is 11.8. The first-order valence-corrected chi connectivity index (χ1v) is 7.33. The molecule has 3 heteroatoms. The van der Waals surface area contributed by atoms with E-state index in [1.54, 1.807) is 0 Å². The minimum atomic E-state index is 0.515. The number of benzene rings is 1. The lowest BCUT2D eigenvalue weighted by Gasteiger charge is -2.10. The second-order valence-electron chi connectivity index (χ2n) is 3.64. The van der Waals surface area contributed by atoms with E-state index in [4.69, 9.17) is 16.3 Å². The summed E-state index contributed by atoms with van der Waals surface area (Å²) in [5.41, 5.74) is 2.31. The summed E-state index contributed by atoms with van der Waals surface area (Å²) in [5, 5.41) is 0. The maximum absolute atomic E-state index is 5.88. The SMILES string of the molecule is CCSCCCOc1ccc(C)cc1CCl. The molecule has 0 aliphatic carbocycles. The highest BCUT2D eigenvalue weighted by atomic mass is 35.5. The number of hydrogen-bond donors (Lipinski definition) is 0. The molecular formula is C13H19ClOS. The van der Waals surface area contributed by atoms with Crippen molar-refractivity contribution in [3.8, 4) is 5.75 Å². The monoisotopic (exact) mass is 258 g/mol. The highest BCUT2D eigenvalue weighted by Gasteiger charge is 2.02. The summed E-state index contributed by atoms with van der Waals surface area (Å²) in [7, 11) is 0. The van der Waals surface area contributed by atoms with Gasteiger partial charge in [-0.3, -0.25) is 0 Å². The predicted octanol–water partition coefficient (Wildman–Crippen LogP) is 4.26. The second-order valence-corrected chi connectivity index (χ2v) is 5.30. The van der Waals surface area contributed by atoms with Crippen LogP contribution < -0.4 is 4.74 Å². The Balaban J connectivity index is 2.41. The highest BCUT2D eigenvalue weighted by Crippen LogP contribution is 2.22. The molecule has 0 N–H and O–H groups in total. The number of rotatable bonds is 7. The normalized spacial score (nSPS) is 10.4. The van der Waals surface area contributed by atoms with Crippen LogP contribution in [-0.2, 0) is 5.88 Å². The van der Waals surface area contributed by atoms with Crippen molar-refractivity contribution in [1.29, 1.82) is 0 Å². The van der Waals surface area contributed by atoms with Crippen molar-refractivity contribution in [1.82, 2.24) is 0 Å². The molecule has 0 aliphatic heterocycles. The van der Waals surface area contributed by atoms with Crippen molar-refractivity contribution in [3.63, 3.8) is 0 Å². The fourth-order valence-corrected chi connectivity index (χ4v) is 2.26. The Kier molecular flexibility index (Phi) is 6.74. The van der Waals surface area contributed by atoms with Gasteiger partial charge in [0.25, 0.3) is 0 Å². The largest absolute Gasteiger partial charge is 0.493 e. The van der Waals surface area contributed by atoms with E-state index in [1.165, 1.54) is 17.1 Å². The fourth-order valence-electron chi connectivity index (χ4n) is 1.44. The number of halogens is 1. The summed E-state index contributed by atoms with van der Waals surface area (Å²) in [4.78, 5) is 0. The first-order valence-electron chi connectivity index (χ1n) is 5.64. The molecule has 0 fully saturated rings. The Hall–Kier alpha value is -0.340. The molecular weight excluding hydrogens is 240 g/mol. The van der Waals surface area contributed by atoms with Gasteiger partial charge in [-0.25, -0.2) is 0 Å². The Morgan fingerprint density at radius 2 is 2.19 bits per heavy atom. The number of ether oxygens (including phenoxy) is 1. The zero-order valence-electron chi connectivity index (χ0n) is 9.96. The van der Waals surface area contributed by atoms with Crippen LogP contribution in [0.5, 0.6) is 5.75 Å². The van der Waals surface area contributed by atoms with Gasteiger partial charge in [0.05, 0.1) is 12.5 Å². The summed E-state index contributed by atoms with van der Waals surface area (Å²) in [5.74, 6) is 3.79. The molecule has 1 rings (SSSR count). The molecule has 1 aromatic carbocycles. The first kappa shape index (κ1) is 13.7. The molecule has 0 atom stereocenters. The molecule has 1 nitrogen and oxygen atoms in total. The Morgan fingerprint density at radius 3 is 2.88 bits per heavy atom. The fraction of sp³-hybridized carbons (Fsp3) is 0.538. The smallest absolute Gasteiger partial charge is 0.123 e. The Labute approximate surface area is 108 Å². The van der Waals surface area contributed by atoms with Crippen LogP contribution in [0.3, 0.4) is 0 Å². The summed E-state index contributed by atoms with van der Waals surface area (Å²) in [6, 6.07) is 6.16. The minimum absolute atomic E-state index is 0.515. The van der Waals surface area contributed by atoms with Gasteiger partial charge >= 0.3 is 0 Å². The van der Waals surface area contributed by atoms with Crippen LogP contribution in [0.4, 0.5) is 0 Å². The lowest BCUT2D eigenvalue weighted by molar-refractivity contribution is 0.316. The van der Waals surface area contributed by atoms with Crippen LogP contribution in [-0.4, -0.2) is 18.1 Å². The van der Waals surface area contributed by atoms with Gasteiger partial charge in [0.1, 0.15) is 5.75 Å². The predicted molar refractivity (Wildman–Crippen MR) is 73.8 cm³/mol. The van der Waals surface area contributed by atoms with Gasteiger partial charge in [0.15, 0.2) is 0 Å². The van der Waals surface area contributed by atoms with Crippen LogP contribution in [0, 0.1) is 6.92 Å². The molecule has 0 spiro atoms. The van der Waals surface area contributed by atoms with E-state index in [0.29, 0.717) is 5.88 Å². The topological polar surface area (TPSA) is 9.23 Å². The highest BCUT2D eigenvalue weighted by molar-refractivity contribution is 7.99. The van der Waals surface area contributed by atoms with Crippen molar-refractivity contribution >= 4 is 23.4 Å². The third-order valence-corrected chi connectivity index (χ3v) is 3.53. The Morgan fingerprint density at radius 1 is 1.38 bits per heavy atom. The van der Waals surface area contributed by atoms with Gasteiger partial charge in [-0.2, -0.15) is 11.8 Å². The molecule has 0 aliphatic rings. The lowest BCUT2D eigenvalue weighted by atomic mass is 10.1. The molecule has 0 amide bonds. The van der Waals surface area contributed by atoms with Gasteiger partial charge in [0.2, 0.25) is 0 Å². The summed E-state index contributed by atoms with van der Waals surface area (Å²) in [6.07, 6.45) is 1.09. The lowest BCUT2D eigenvalue weighted by Crippen LogP contribution is -2.01. The maximum Gasteiger partial charge on any atom is 0.123 e. The molecule has 0 unspecified atom stereocenters. The van der Waals surface area contributed by atoms with Crippen molar-refractivity contribution in [2.45, 2.75) is 26.1 Å². The molecule has 0 heterocycles.